The monoisotopic (exact) mass is 706 g/mol. The molecule has 0 N–H and O–H groups in total. The number of benzene rings is 2. The van der Waals surface area contributed by atoms with Crippen molar-refractivity contribution in [2.75, 3.05) is 6.61 Å². The Balaban J connectivity index is 2.07. The molecule has 2 aromatic carbocycles. The summed E-state index contributed by atoms with van der Waals surface area (Å²) in [6.45, 7) is 2.46. The lowest BCUT2D eigenvalue weighted by molar-refractivity contribution is -0.140. The molecule has 0 radical (unpaired) electrons. The molecule has 4 rings (SSSR count). The highest BCUT2D eigenvalue weighted by molar-refractivity contribution is 9.11. The van der Waals surface area contributed by atoms with Gasteiger partial charge in [-0.1, -0.05) is 51.0 Å². The molecular weight excluding hydrogens is 693 g/mol. The lowest BCUT2D eigenvalue weighted by Crippen LogP contribution is -2.41. The minimum atomic E-state index is -5.03. The zero-order valence-electron chi connectivity index (χ0n) is 19.9. The maximum absolute atomic E-state index is 14.2. The van der Waals surface area contributed by atoms with E-state index in [1.54, 1.807) is 12.1 Å². The van der Waals surface area contributed by atoms with Crippen molar-refractivity contribution < 1.29 is 32.2 Å². The van der Waals surface area contributed by atoms with Crippen LogP contribution in [0.4, 0.5) is 13.2 Å². The minimum absolute atomic E-state index is 0.0160. The first kappa shape index (κ1) is 29.2. The summed E-state index contributed by atoms with van der Waals surface area (Å²) in [5, 5.41) is 0.307. The quantitative estimate of drug-likeness (QED) is 0.260. The SMILES string of the molecule is CCOC(=O)C1=C(C(F)(F)F)N=c2s/c(=C\c3cc(Br)cc(Br)c3OC(C)=O)c(=O)n2[C@@H]1c1ccc(Cl)cc1. The van der Waals surface area contributed by atoms with Gasteiger partial charge in [-0.15, -0.1) is 0 Å². The summed E-state index contributed by atoms with van der Waals surface area (Å²) in [7, 11) is 0. The first-order valence-electron chi connectivity index (χ1n) is 11.0. The number of rotatable bonds is 5. The summed E-state index contributed by atoms with van der Waals surface area (Å²) in [4.78, 5) is 41.7. The molecule has 0 bridgehead atoms. The number of carbonyl (C=O) groups is 2. The van der Waals surface area contributed by atoms with E-state index in [9.17, 15) is 27.6 Å². The number of aromatic nitrogens is 1. The number of alkyl halides is 3. The molecule has 0 saturated heterocycles. The van der Waals surface area contributed by atoms with Gasteiger partial charge >= 0.3 is 18.1 Å². The van der Waals surface area contributed by atoms with E-state index in [-0.39, 0.29) is 27.3 Å². The van der Waals surface area contributed by atoms with Gasteiger partial charge in [0.25, 0.3) is 5.56 Å². The van der Waals surface area contributed by atoms with Gasteiger partial charge in [0.05, 0.1) is 27.2 Å². The van der Waals surface area contributed by atoms with E-state index in [0.717, 1.165) is 4.57 Å². The molecule has 0 spiro atoms. The predicted molar refractivity (Wildman–Crippen MR) is 145 cm³/mol. The second-order valence-corrected chi connectivity index (χ2v) is 11.2. The van der Waals surface area contributed by atoms with Crippen LogP contribution in [0.15, 0.2) is 66.4 Å². The fourth-order valence-electron chi connectivity index (χ4n) is 3.88. The van der Waals surface area contributed by atoms with Crippen molar-refractivity contribution in [1.29, 1.82) is 0 Å². The van der Waals surface area contributed by atoms with Crippen LogP contribution in [0.1, 0.15) is 31.0 Å². The zero-order chi connectivity index (χ0) is 28.6. The third kappa shape index (κ3) is 6.06. The molecule has 0 fully saturated rings. The largest absolute Gasteiger partial charge is 0.463 e. The van der Waals surface area contributed by atoms with Gasteiger partial charge in [-0.3, -0.25) is 14.2 Å². The highest BCUT2D eigenvalue weighted by atomic mass is 79.9. The van der Waals surface area contributed by atoms with Gasteiger partial charge in [-0.2, -0.15) is 13.2 Å². The lowest BCUT2D eigenvalue weighted by Gasteiger charge is -2.26. The molecule has 0 saturated carbocycles. The molecule has 1 aliphatic rings. The van der Waals surface area contributed by atoms with Crippen molar-refractivity contribution in [2.24, 2.45) is 4.99 Å². The number of hydrogen-bond acceptors (Lipinski definition) is 7. The second-order valence-electron chi connectivity index (χ2n) is 8.01. The Labute approximate surface area is 244 Å². The Kier molecular flexibility index (Phi) is 8.55. The van der Waals surface area contributed by atoms with E-state index < -0.39 is 41.0 Å². The number of halogens is 6. The first-order valence-corrected chi connectivity index (χ1v) is 13.8. The van der Waals surface area contributed by atoms with Crippen LogP contribution in [0.3, 0.4) is 0 Å². The molecule has 3 aromatic rings. The molecule has 204 valence electrons. The average Bonchev–Trinajstić information content (AvgIpc) is 3.15. The van der Waals surface area contributed by atoms with Gasteiger partial charge in [-0.05, 0) is 58.8 Å². The normalized spacial score (nSPS) is 15.6. The molecule has 0 amide bonds. The van der Waals surface area contributed by atoms with E-state index in [1.165, 1.54) is 44.2 Å². The maximum Gasteiger partial charge on any atom is 0.434 e. The van der Waals surface area contributed by atoms with Gasteiger partial charge in [-0.25, -0.2) is 9.79 Å². The summed E-state index contributed by atoms with van der Waals surface area (Å²) in [5.41, 5.74) is -2.51. The first-order chi connectivity index (χ1) is 18.3. The molecule has 39 heavy (non-hydrogen) atoms. The number of hydrogen-bond donors (Lipinski definition) is 0. The molecule has 7 nitrogen and oxygen atoms in total. The molecule has 1 atom stereocenters. The lowest BCUT2D eigenvalue weighted by atomic mass is 9.95. The molecule has 2 heterocycles. The van der Waals surface area contributed by atoms with Gasteiger partial charge in [0.15, 0.2) is 16.2 Å². The molecule has 0 aliphatic carbocycles. The van der Waals surface area contributed by atoms with Crippen LogP contribution in [-0.4, -0.2) is 29.3 Å². The van der Waals surface area contributed by atoms with E-state index in [4.69, 9.17) is 21.1 Å². The molecule has 14 heteroatoms. The number of ether oxygens (including phenoxy) is 2. The fraction of sp³-hybridized carbons (Fsp3) is 0.200. The number of nitrogens with zero attached hydrogens (tertiary/aromatic N) is 2. The van der Waals surface area contributed by atoms with Gasteiger partial charge in [0, 0.05) is 22.0 Å². The van der Waals surface area contributed by atoms with Crippen LogP contribution in [0.2, 0.25) is 5.02 Å². The van der Waals surface area contributed by atoms with Crippen molar-refractivity contribution in [2.45, 2.75) is 26.1 Å². The van der Waals surface area contributed by atoms with Crippen LogP contribution in [0.25, 0.3) is 6.08 Å². The van der Waals surface area contributed by atoms with Crippen LogP contribution in [0, 0.1) is 0 Å². The summed E-state index contributed by atoms with van der Waals surface area (Å²) in [5.74, 6) is -1.77. The maximum atomic E-state index is 14.2. The average molecular weight is 709 g/mol. The number of esters is 2. The van der Waals surface area contributed by atoms with E-state index in [1.807, 2.05) is 0 Å². The smallest absolute Gasteiger partial charge is 0.434 e. The van der Waals surface area contributed by atoms with E-state index >= 15 is 0 Å². The predicted octanol–water partition coefficient (Wildman–Crippen LogP) is 5.44. The van der Waals surface area contributed by atoms with E-state index in [2.05, 4.69) is 36.9 Å². The van der Waals surface area contributed by atoms with Crippen molar-refractivity contribution in [3.05, 3.63) is 92.5 Å². The third-order valence-corrected chi connectivity index (χ3v) is 7.63. The standard InChI is InChI=1S/C25H16Br2ClF3N2O5S/c1-3-37-23(36)18-19(12-4-6-15(28)7-5-12)33-22(35)17(39-24(33)32-21(18)25(29,30)31)9-13-8-14(26)10-16(27)20(13)38-11(2)34/h4-10,19H,3H2,1-2H3/b17-9-/t19-/m1/s1. The van der Waals surface area contributed by atoms with Crippen LogP contribution in [-0.2, 0) is 14.3 Å². The number of fused-ring (bicyclic) bond motifs is 1. The van der Waals surface area contributed by atoms with Crippen molar-refractivity contribution >= 4 is 72.8 Å². The van der Waals surface area contributed by atoms with Gasteiger partial charge in [0.1, 0.15) is 0 Å². The Bertz CT molecular complexity index is 1700. The molecular formula is C25H16Br2ClF3N2O5S. The summed E-state index contributed by atoms with van der Waals surface area (Å²) >= 11 is 13.3. The van der Waals surface area contributed by atoms with Crippen LogP contribution >= 0.6 is 54.8 Å². The van der Waals surface area contributed by atoms with Gasteiger partial charge < -0.3 is 9.47 Å². The molecule has 1 aromatic heterocycles. The highest BCUT2D eigenvalue weighted by Gasteiger charge is 2.45. The topological polar surface area (TPSA) is 87.0 Å². The minimum Gasteiger partial charge on any atom is -0.463 e. The summed E-state index contributed by atoms with van der Waals surface area (Å²) in [6, 6.07) is 7.42. The fourth-order valence-corrected chi connectivity index (χ4v) is 6.34. The Morgan fingerprint density at radius 1 is 1.21 bits per heavy atom. The van der Waals surface area contributed by atoms with Gasteiger partial charge in [0.2, 0.25) is 0 Å². The van der Waals surface area contributed by atoms with Crippen molar-refractivity contribution in [3.8, 4) is 5.75 Å². The number of carbonyl (C=O) groups excluding carboxylic acids is 2. The number of allylic oxidation sites excluding steroid dienone is 1. The number of thiazole rings is 1. The Morgan fingerprint density at radius 3 is 2.46 bits per heavy atom. The Morgan fingerprint density at radius 2 is 1.87 bits per heavy atom. The van der Waals surface area contributed by atoms with Crippen LogP contribution < -0.4 is 19.6 Å². The summed E-state index contributed by atoms with van der Waals surface area (Å²) < 4.78 is 54.9. The third-order valence-electron chi connectivity index (χ3n) is 5.35. The zero-order valence-corrected chi connectivity index (χ0v) is 24.7. The van der Waals surface area contributed by atoms with Crippen molar-refractivity contribution in [1.82, 2.24) is 4.57 Å². The van der Waals surface area contributed by atoms with E-state index in [0.29, 0.717) is 30.9 Å². The Hall–Kier alpha value is -2.74. The van der Waals surface area contributed by atoms with Crippen molar-refractivity contribution in [3.63, 3.8) is 0 Å². The van der Waals surface area contributed by atoms with Crippen LogP contribution in [0.5, 0.6) is 5.75 Å². The highest BCUT2D eigenvalue weighted by Crippen LogP contribution is 2.39. The molecule has 0 unspecified atom stereocenters. The second kappa shape index (κ2) is 11.4. The molecule has 1 aliphatic heterocycles. The summed E-state index contributed by atoms with van der Waals surface area (Å²) in [6.07, 6.45) is -3.66.